The highest BCUT2D eigenvalue weighted by Crippen LogP contribution is 2.34. The number of nitrogens with two attached hydrogens (primary N) is 1. The molecule has 1 amide bonds. The molecule has 0 saturated carbocycles. The molecule has 0 aliphatic rings. The molecule has 8 nitrogen and oxygen atoms in total. The normalized spacial score (nSPS) is 12.2. The van der Waals surface area contributed by atoms with E-state index in [0.29, 0.717) is 43.1 Å². The zero-order valence-corrected chi connectivity index (χ0v) is 21.4. The molecule has 0 aromatic heterocycles. The molecule has 0 spiro atoms. The van der Waals surface area contributed by atoms with Gasteiger partial charge in [0.05, 0.1) is 13.2 Å². The third kappa shape index (κ3) is 8.06. The van der Waals surface area contributed by atoms with Crippen LogP contribution < -0.4 is 24.7 Å². The summed E-state index contributed by atoms with van der Waals surface area (Å²) in [6.45, 7) is 8.81. The quantitative estimate of drug-likeness (QED) is 0.249. The minimum absolute atomic E-state index is 0.0185. The summed E-state index contributed by atoms with van der Waals surface area (Å²) in [6.07, 6.45) is 3.07. The third-order valence-electron chi connectivity index (χ3n) is 5.31. The van der Waals surface area contributed by atoms with Gasteiger partial charge < -0.3 is 24.7 Å². The second-order valence-electron chi connectivity index (χ2n) is 7.90. The lowest BCUT2D eigenvalue weighted by atomic mass is 10.0. The van der Waals surface area contributed by atoms with Crippen molar-refractivity contribution in [2.24, 2.45) is 10.1 Å². The van der Waals surface area contributed by atoms with E-state index in [0.717, 1.165) is 35.3 Å². The molecule has 0 radical (unpaired) electrons. The maximum absolute atomic E-state index is 12.6. The van der Waals surface area contributed by atoms with Crippen molar-refractivity contribution < 1.29 is 22.7 Å². The van der Waals surface area contributed by atoms with Crippen LogP contribution in [0.1, 0.15) is 54.9 Å². The van der Waals surface area contributed by atoms with E-state index in [-0.39, 0.29) is 11.7 Å². The fraction of sp³-hybridized carbons (Fsp3) is 0.440. The fourth-order valence-corrected chi connectivity index (χ4v) is 3.82. The van der Waals surface area contributed by atoms with Crippen LogP contribution in [0.3, 0.4) is 0 Å². The topological polar surface area (TPSA) is 112 Å². The van der Waals surface area contributed by atoms with E-state index in [9.17, 15) is 9.00 Å². The monoisotopic (exact) mass is 489 g/mol. The Morgan fingerprint density at radius 1 is 1.06 bits per heavy atom. The Morgan fingerprint density at radius 3 is 2.38 bits per heavy atom. The van der Waals surface area contributed by atoms with Gasteiger partial charge in [-0.05, 0) is 80.6 Å². The van der Waals surface area contributed by atoms with E-state index < -0.39 is 11.3 Å². The van der Waals surface area contributed by atoms with E-state index in [1.54, 1.807) is 19.2 Å². The molecular formula is C25H35N3O5S. The number of nitrogens with zero attached hydrogens (tertiary/aromatic N) is 1. The zero-order chi connectivity index (χ0) is 25.1. The van der Waals surface area contributed by atoms with Crippen LogP contribution >= 0.6 is 0 Å². The Kier molecular flexibility index (Phi) is 10.9. The lowest BCUT2D eigenvalue weighted by Gasteiger charge is -2.16. The van der Waals surface area contributed by atoms with Gasteiger partial charge in [-0.25, -0.2) is 0 Å². The second kappa shape index (κ2) is 13.6. The molecule has 0 fully saturated rings. The number of ether oxygens (including phenoxy) is 2. The number of carbonyl (C=O) groups excluding carboxylic acids is 1. The van der Waals surface area contributed by atoms with Gasteiger partial charge in [0.15, 0.2) is 0 Å². The number of aryl methyl sites for hydroxylation is 1. The second-order valence-corrected chi connectivity index (χ2v) is 8.68. The van der Waals surface area contributed by atoms with E-state index in [4.69, 9.17) is 19.4 Å². The molecule has 9 heteroatoms. The van der Waals surface area contributed by atoms with E-state index >= 15 is 0 Å². The maximum atomic E-state index is 12.6. The van der Waals surface area contributed by atoms with Gasteiger partial charge in [-0.3, -0.25) is 4.79 Å². The van der Waals surface area contributed by atoms with Crippen molar-refractivity contribution in [1.82, 2.24) is 5.32 Å². The van der Waals surface area contributed by atoms with Crippen molar-refractivity contribution in [2.75, 3.05) is 20.3 Å². The van der Waals surface area contributed by atoms with Crippen molar-refractivity contribution >= 4 is 23.0 Å². The van der Waals surface area contributed by atoms with Gasteiger partial charge in [0.2, 0.25) is 5.91 Å². The lowest BCUT2D eigenvalue weighted by Crippen LogP contribution is -2.18. The third-order valence-corrected chi connectivity index (χ3v) is 5.96. The van der Waals surface area contributed by atoms with E-state index in [1.807, 2.05) is 39.0 Å². The Bertz CT molecular complexity index is 1020. The number of rotatable bonds is 13. The Morgan fingerprint density at radius 2 is 1.74 bits per heavy atom. The summed E-state index contributed by atoms with van der Waals surface area (Å²) in [5.41, 5.74) is 9.10. The van der Waals surface area contributed by atoms with Crippen LogP contribution in [0.15, 0.2) is 34.7 Å². The van der Waals surface area contributed by atoms with Crippen molar-refractivity contribution in [2.45, 2.75) is 53.4 Å². The van der Waals surface area contributed by atoms with Crippen molar-refractivity contribution in [3.63, 3.8) is 0 Å². The molecule has 0 heterocycles. The zero-order valence-electron chi connectivity index (χ0n) is 20.6. The Balaban J connectivity index is 2.03. The molecule has 2 rings (SSSR count). The molecule has 34 heavy (non-hydrogen) atoms. The fourth-order valence-electron chi connectivity index (χ4n) is 3.12. The summed E-state index contributed by atoms with van der Waals surface area (Å²) >= 11 is -2.02. The molecule has 1 unspecified atom stereocenters. The number of benzene rings is 2. The molecule has 2 aromatic carbocycles. The SMILES string of the molecule is CCCCOc1ccc(/C(N)=N/S(=O)Oc2c(C)cc(OCCCC(=O)NC)c(C)c2C)cc1. The van der Waals surface area contributed by atoms with Crippen LogP contribution in [0.5, 0.6) is 17.2 Å². The van der Waals surface area contributed by atoms with Crippen LogP contribution in [0, 0.1) is 20.8 Å². The number of unbranched alkanes of at least 4 members (excludes halogenated alkanes) is 1. The largest absolute Gasteiger partial charge is 0.494 e. The van der Waals surface area contributed by atoms with E-state index in [1.165, 1.54) is 0 Å². The summed E-state index contributed by atoms with van der Waals surface area (Å²) in [7, 11) is 1.61. The maximum Gasteiger partial charge on any atom is 0.340 e. The Hall–Kier alpha value is -3.07. The smallest absolute Gasteiger partial charge is 0.340 e. The van der Waals surface area contributed by atoms with Crippen LogP contribution in [0.2, 0.25) is 0 Å². The molecular weight excluding hydrogens is 454 g/mol. The number of carbonyl (C=O) groups is 1. The number of hydrogen-bond donors (Lipinski definition) is 2. The predicted molar refractivity (Wildman–Crippen MR) is 136 cm³/mol. The molecule has 186 valence electrons. The van der Waals surface area contributed by atoms with Crippen molar-refractivity contribution in [1.29, 1.82) is 0 Å². The van der Waals surface area contributed by atoms with Gasteiger partial charge in [-0.15, -0.1) is 4.40 Å². The van der Waals surface area contributed by atoms with Crippen molar-refractivity contribution in [3.8, 4) is 17.2 Å². The number of amides is 1. The van der Waals surface area contributed by atoms with Crippen LogP contribution in [-0.4, -0.2) is 36.2 Å². The summed E-state index contributed by atoms with van der Waals surface area (Å²) in [5, 5.41) is 2.59. The number of amidine groups is 1. The molecule has 0 aliphatic carbocycles. The molecule has 2 aromatic rings. The van der Waals surface area contributed by atoms with Crippen LogP contribution in [0.25, 0.3) is 0 Å². The highest BCUT2D eigenvalue weighted by Gasteiger charge is 2.16. The highest BCUT2D eigenvalue weighted by atomic mass is 32.2. The van der Waals surface area contributed by atoms with Gasteiger partial charge in [-0.2, -0.15) is 4.21 Å². The van der Waals surface area contributed by atoms with Gasteiger partial charge in [0.25, 0.3) is 0 Å². The first kappa shape index (κ1) is 27.2. The van der Waals surface area contributed by atoms with Crippen molar-refractivity contribution in [3.05, 3.63) is 52.6 Å². The van der Waals surface area contributed by atoms with E-state index in [2.05, 4.69) is 16.6 Å². The first-order valence-corrected chi connectivity index (χ1v) is 12.4. The number of hydrogen-bond acceptors (Lipinski definition) is 5. The van der Waals surface area contributed by atoms with Gasteiger partial charge in [0.1, 0.15) is 23.1 Å². The first-order valence-electron chi connectivity index (χ1n) is 11.4. The molecule has 1 atom stereocenters. The van der Waals surface area contributed by atoms with Gasteiger partial charge in [-0.1, -0.05) is 13.3 Å². The lowest BCUT2D eigenvalue weighted by molar-refractivity contribution is -0.120. The summed E-state index contributed by atoms with van der Waals surface area (Å²) < 4.78 is 33.7. The summed E-state index contributed by atoms with van der Waals surface area (Å²) in [6, 6.07) is 8.99. The predicted octanol–water partition coefficient (Wildman–Crippen LogP) is 4.06. The van der Waals surface area contributed by atoms with Gasteiger partial charge >= 0.3 is 11.3 Å². The summed E-state index contributed by atoms with van der Waals surface area (Å²) in [5.74, 6) is 2.02. The van der Waals surface area contributed by atoms with Gasteiger partial charge in [0, 0.05) is 19.0 Å². The molecule has 3 N–H and O–H groups in total. The summed E-state index contributed by atoms with van der Waals surface area (Å²) in [4.78, 5) is 11.3. The average Bonchev–Trinajstić information content (AvgIpc) is 2.82. The minimum Gasteiger partial charge on any atom is -0.494 e. The minimum atomic E-state index is -2.02. The highest BCUT2D eigenvalue weighted by molar-refractivity contribution is 7.79. The molecule has 0 bridgehead atoms. The van der Waals surface area contributed by atoms with Crippen LogP contribution in [0.4, 0.5) is 0 Å². The molecule has 0 aliphatic heterocycles. The van der Waals surface area contributed by atoms with Crippen LogP contribution in [-0.2, 0) is 16.1 Å². The standard InChI is InChI=1S/C25H35N3O5S/c1-6-7-14-31-21-12-10-20(11-13-21)25(26)28-34(30)33-24-17(2)16-22(18(3)19(24)4)32-15-8-9-23(29)27-5/h10-13,16H,6-9,14-15H2,1-5H3,(H2,26,28)(H,27,29). The Labute approximate surface area is 204 Å². The average molecular weight is 490 g/mol. The number of nitrogens with one attached hydrogen (secondary N) is 1. The molecule has 0 saturated heterocycles. The first-order chi connectivity index (χ1) is 16.3.